The summed E-state index contributed by atoms with van der Waals surface area (Å²) in [5.41, 5.74) is 3.50. The van der Waals surface area contributed by atoms with E-state index in [0.717, 1.165) is 23.4 Å². The Morgan fingerprint density at radius 3 is 2.65 bits per heavy atom. The molecule has 0 amide bonds. The van der Waals surface area contributed by atoms with E-state index in [1.165, 1.54) is 6.07 Å². The largest absolute Gasteiger partial charge is 0.265 e. The van der Waals surface area contributed by atoms with Crippen LogP contribution in [0.2, 0.25) is 5.02 Å². The predicted octanol–water partition coefficient (Wildman–Crippen LogP) is 5.03. The van der Waals surface area contributed by atoms with Gasteiger partial charge in [0.25, 0.3) is 0 Å². The van der Waals surface area contributed by atoms with Crippen molar-refractivity contribution in [3.8, 4) is 0 Å². The average molecular weight is 315 g/mol. The quantitative estimate of drug-likeness (QED) is 0.724. The third-order valence-corrected chi connectivity index (χ3v) is 4.21. The maximum atomic E-state index is 13.8. The average Bonchev–Trinajstić information content (AvgIpc) is 2.67. The summed E-state index contributed by atoms with van der Waals surface area (Å²) in [5, 5.41) is 4.81. The maximum absolute atomic E-state index is 13.8. The summed E-state index contributed by atoms with van der Waals surface area (Å²) in [6, 6.07) is 4.69. The molecule has 1 unspecified atom stereocenters. The molecule has 108 valence electrons. The Bertz CT molecular complexity index is 623. The highest BCUT2D eigenvalue weighted by molar-refractivity contribution is 6.30. The zero-order valence-electron chi connectivity index (χ0n) is 11.8. The van der Waals surface area contributed by atoms with E-state index in [1.54, 1.807) is 16.8 Å². The van der Waals surface area contributed by atoms with Crippen LogP contribution in [-0.4, -0.2) is 9.78 Å². The van der Waals surface area contributed by atoms with Gasteiger partial charge in [0.1, 0.15) is 5.82 Å². The molecule has 0 bridgehead atoms. The molecular weight excluding hydrogens is 298 g/mol. The molecule has 2 rings (SSSR count). The van der Waals surface area contributed by atoms with Gasteiger partial charge >= 0.3 is 0 Å². The van der Waals surface area contributed by atoms with Crippen LogP contribution in [0.4, 0.5) is 4.39 Å². The molecule has 0 radical (unpaired) electrons. The van der Waals surface area contributed by atoms with Gasteiger partial charge in [0.15, 0.2) is 0 Å². The van der Waals surface area contributed by atoms with E-state index >= 15 is 0 Å². The molecule has 2 nitrogen and oxygen atoms in total. The van der Waals surface area contributed by atoms with Crippen molar-refractivity contribution < 1.29 is 4.39 Å². The molecule has 0 saturated heterocycles. The van der Waals surface area contributed by atoms with E-state index in [-0.39, 0.29) is 11.2 Å². The normalized spacial score (nSPS) is 12.7. The summed E-state index contributed by atoms with van der Waals surface area (Å²) in [6.45, 7) is 6.31. The lowest BCUT2D eigenvalue weighted by Gasteiger charge is -2.09. The van der Waals surface area contributed by atoms with Crippen molar-refractivity contribution in [1.29, 1.82) is 0 Å². The summed E-state index contributed by atoms with van der Waals surface area (Å²) >= 11 is 12.1. The minimum Gasteiger partial charge on any atom is -0.265 e. The van der Waals surface area contributed by atoms with Crippen molar-refractivity contribution >= 4 is 23.2 Å². The highest BCUT2D eigenvalue weighted by Gasteiger charge is 2.18. The second kappa shape index (κ2) is 6.15. The van der Waals surface area contributed by atoms with Gasteiger partial charge in [-0.25, -0.2) is 4.39 Å². The fourth-order valence-electron chi connectivity index (χ4n) is 2.33. The molecule has 0 fully saturated rings. The van der Waals surface area contributed by atoms with Crippen LogP contribution in [0.1, 0.15) is 41.2 Å². The van der Waals surface area contributed by atoms with Gasteiger partial charge in [-0.05, 0) is 32.4 Å². The predicted molar refractivity (Wildman–Crippen MR) is 81.1 cm³/mol. The zero-order chi connectivity index (χ0) is 14.9. The lowest BCUT2D eigenvalue weighted by atomic mass is 10.1. The minimum atomic E-state index is -0.315. The summed E-state index contributed by atoms with van der Waals surface area (Å²) in [4.78, 5) is 0. The van der Waals surface area contributed by atoms with Crippen LogP contribution in [-0.2, 0) is 6.54 Å². The van der Waals surface area contributed by atoms with Crippen molar-refractivity contribution in [2.75, 3.05) is 0 Å². The minimum absolute atomic E-state index is 0.0567. The van der Waals surface area contributed by atoms with Crippen LogP contribution >= 0.6 is 23.2 Å². The Morgan fingerprint density at radius 2 is 2.05 bits per heavy atom. The van der Waals surface area contributed by atoms with Crippen LogP contribution in [0, 0.1) is 19.7 Å². The molecule has 1 heterocycles. The van der Waals surface area contributed by atoms with E-state index in [4.69, 9.17) is 23.2 Å². The number of benzene rings is 1. The molecule has 1 aromatic carbocycles. The van der Waals surface area contributed by atoms with Crippen molar-refractivity contribution in [2.45, 2.75) is 39.1 Å². The molecule has 0 spiro atoms. The van der Waals surface area contributed by atoms with Gasteiger partial charge in [-0.2, -0.15) is 5.10 Å². The van der Waals surface area contributed by atoms with Crippen molar-refractivity contribution in [2.24, 2.45) is 0 Å². The van der Waals surface area contributed by atoms with E-state index in [1.807, 2.05) is 20.8 Å². The number of nitrogens with zero attached hydrogens (tertiary/aromatic N) is 2. The smallest absolute Gasteiger partial charge is 0.129 e. The van der Waals surface area contributed by atoms with Gasteiger partial charge < -0.3 is 0 Å². The van der Waals surface area contributed by atoms with Crippen LogP contribution in [0.3, 0.4) is 0 Å². The molecule has 0 N–H and O–H groups in total. The third-order valence-electron chi connectivity index (χ3n) is 3.44. The zero-order valence-corrected chi connectivity index (χ0v) is 13.3. The van der Waals surface area contributed by atoms with Crippen molar-refractivity contribution in [3.05, 3.63) is 51.6 Å². The number of aromatic nitrogens is 2. The molecule has 1 atom stereocenters. The molecule has 5 heteroatoms. The summed E-state index contributed by atoms with van der Waals surface area (Å²) in [5.74, 6) is -0.315. The molecule has 2 aromatic rings. The number of halogens is 3. The first-order chi connectivity index (χ1) is 9.43. The second-order valence-electron chi connectivity index (χ2n) is 4.85. The van der Waals surface area contributed by atoms with Gasteiger partial charge in [0, 0.05) is 21.8 Å². The second-order valence-corrected chi connectivity index (χ2v) is 5.82. The summed E-state index contributed by atoms with van der Waals surface area (Å²) in [6.07, 6.45) is 0.838. The van der Waals surface area contributed by atoms with Gasteiger partial charge in [0.2, 0.25) is 0 Å². The first kappa shape index (κ1) is 15.3. The lowest BCUT2D eigenvalue weighted by molar-refractivity contribution is 0.578. The molecular formula is C15H17Cl2FN2. The number of aryl methyl sites for hydroxylation is 1. The standard InChI is InChI=1S/C15H17Cl2FN2/c1-4-13(17)15-9(2)19-20(10(15)3)8-11-5-6-12(16)7-14(11)18/h5-7,13H,4,8H2,1-3H3. The van der Waals surface area contributed by atoms with Crippen LogP contribution in [0.15, 0.2) is 18.2 Å². The first-order valence-electron chi connectivity index (χ1n) is 6.56. The Labute approximate surface area is 128 Å². The van der Waals surface area contributed by atoms with Gasteiger partial charge in [0.05, 0.1) is 17.6 Å². The Morgan fingerprint density at radius 1 is 1.35 bits per heavy atom. The van der Waals surface area contributed by atoms with Crippen molar-refractivity contribution in [3.63, 3.8) is 0 Å². The Kier molecular flexibility index (Phi) is 4.71. The maximum Gasteiger partial charge on any atom is 0.129 e. The lowest BCUT2D eigenvalue weighted by Crippen LogP contribution is -2.06. The van der Waals surface area contributed by atoms with E-state index in [0.29, 0.717) is 17.1 Å². The molecule has 0 saturated carbocycles. The Balaban J connectivity index is 2.35. The SMILES string of the molecule is CCC(Cl)c1c(C)nn(Cc2ccc(Cl)cc2F)c1C. The van der Waals surface area contributed by atoms with Gasteiger partial charge in [-0.15, -0.1) is 11.6 Å². The van der Waals surface area contributed by atoms with Gasteiger partial charge in [-0.3, -0.25) is 4.68 Å². The van der Waals surface area contributed by atoms with E-state index in [9.17, 15) is 4.39 Å². The topological polar surface area (TPSA) is 17.8 Å². The summed E-state index contributed by atoms with van der Waals surface area (Å²) < 4.78 is 15.6. The first-order valence-corrected chi connectivity index (χ1v) is 7.37. The molecule has 0 aliphatic carbocycles. The highest BCUT2D eigenvalue weighted by Crippen LogP contribution is 2.30. The van der Waals surface area contributed by atoms with E-state index in [2.05, 4.69) is 5.10 Å². The van der Waals surface area contributed by atoms with Gasteiger partial charge in [-0.1, -0.05) is 24.6 Å². The van der Waals surface area contributed by atoms with Crippen LogP contribution in [0.25, 0.3) is 0 Å². The highest BCUT2D eigenvalue weighted by atomic mass is 35.5. The van der Waals surface area contributed by atoms with Crippen LogP contribution < -0.4 is 0 Å². The number of hydrogen-bond donors (Lipinski definition) is 0. The molecule has 1 aromatic heterocycles. The fourth-order valence-corrected chi connectivity index (χ4v) is 2.81. The Hall–Kier alpha value is -1.06. The molecule has 0 aliphatic heterocycles. The van der Waals surface area contributed by atoms with Crippen molar-refractivity contribution in [1.82, 2.24) is 9.78 Å². The van der Waals surface area contributed by atoms with E-state index < -0.39 is 0 Å². The third kappa shape index (κ3) is 2.99. The molecule has 20 heavy (non-hydrogen) atoms. The van der Waals surface area contributed by atoms with Crippen LogP contribution in [0.5, 0.6) is 0 Å². The number of alkyl halides is 1. The molecule has 0 aliphatic rings. The summed E-state index contributed by atoms with van der Waals surface area (Å²) in [7, 11) is 0. The fraction of sp³-hybridized carbons (Fsp3) is 0.400. The monoisotopic (exact) mass is 314 g/mol. The number of rotatable bonds is 4. The number of hydrogen-bond acceptors (Lipinski definition) is 1.